The van der Waals surface area contributed by atoms with Crippen LogP contribution >= 0.6 is 0 Å². The molecule has 0 bridgehead atoms. The molecule has 4 rings (SSSR count). The van der Waals surface area contributed by atoms with Crippen LogP contribution in [-0.2, 0) is 22.6 Å². The van der Waals surface area contributed by atoms with Gasteiger partial charge in [-0.1, -0.05) is 65.3 Å². The first kappa shape index (κ1) is 24.5. The molecule has 3 aromatic carbocycles. The number of aryl methyl sites for hydroxylation is 2. The summed E-state index contributed by atoms with van der Waals surface area (Å²) in [4.78, 5) is 28.3. The minimum absolute atomic E-state index is 0.0705. The molecule has 2 N–H and O–H groups in total. The van der Waals surface area contributed by atoms with E-state index in [2.05, 4.69) is 21.0 Å². The Morgan fingerprint density at radius 2 is 1.50 bits per heavy atom. The topological polar surface area (TPSA) is 116 Å². The van der Waals surface area contributed by atoms with Gasteiger partial charge < -0.3 is 14.0 Å². The van der Waals surface area contributed by atoms with Crippen molar-refractivity contribution in [3.63, 3.8) is 0 Å². The monoisotopic (exact) mass is 486 g/mol. The van der Waals surface area contributed by atoms with E-state index in [1.54, 1.807) is 24.3 Å². The van der Waals surface area contributed by atoms with E-state index in [1.165, 1.54) is 0 Å². The van der Waals surface area contributed by atoms with E-state index in [9.17, 15) is 9.59 Å². The zero-order valence-corrected chi connectivity index (χ0v) is 19.8. The van der Waals surface area contributed by atoms with Crippen LogP contribution in [-0.4, -0.2) is 28.6 Å². The molecule has 0 fully saturated rings. The molecule has 0 aliphatic rings. The van der Waals surface area contributed by atoms with E-state index in [1.807, 2.05) is 61.5 Å². The average molecular weight is 487 g/mol. The number of carbonyl (C=O) groups is 2. The quantitative estimate of drug-likeness (QED) is 0.328. The van der Waals surface area contributed by atoms with Gasteiger partial charge >= 0.3 is 0 Å². The molecule has 36 heavy (non-hydrogen) atoms. The lowest BCUT2D eigenvalue weighted by Gasteiger charge is -2.10. The lowest BCUT2D eigenvalue weighted by atomic mass is 10.1. The lowest BCUT2D eigenvalue weighted by Crippen LogP contribution is -2.43. The van der Waals surface area contributed by atoms with Crippen molar-refractivity contribution in [2.24, 2.45) is 0 Å². The highest BCUT2D eigenvalue weighted by atomic mass is 16.5. The minimum atomic E-state index is -0.493. The van der Waals surface area contributed by atoms with Crippen LogP contribution in [0.2, 0.25) is 0 Å². The Hall–Kier alpha value is -4.66. The highest BCUT2D eigenvalue weighted by Crippen LogP contribution is 2.19. The smallest absolute Gasteiger partial charge is 0.276 e. The van der Waals surface area contributed by atoms with Gasteiger partial charge in [-0.3, -0.25) is 20.4 Å². The van der Waals surface area contributed by atoms with E-state index in [0.717, 1.165) is 16.7 Å². The fourth-order valence-corrected chi connectivity index (χ4v) is 3.16. The van der Waals surface area contributed by atoms with Gasteiger partial charge in [-0.25, -0.2) is 0 Å². The number of amides is 2. The SMILES string of the molecule is Cc1ccc(-c2noc(CCC(=O)NNC(=O)COc3ccc(OCc4ccccc4)cc3)n2)cc1. The average Bonchev–Trinajstić information content (AvgIpc) is 3.39. The lowest BCUT2D eigenvalue weighted by molar-refractivity contribution is -0.130. The number of ether oxygens (including phenoxy) is 2. The summed E-state index contributed by atoms with van der Waals surface area (Å²) in [5.74, 6) is 1.11. The molecule has 0 spiro atoms. The molecule has 0 radical (unpaired) electrons. The molecule has 4 aromatic rings. The first-order valence-corrected chi connectivity index (χ1v) is 11.4. The first-order chi connectivity index (χ1) is 17.5. The third-order valence-electron chi connectivity index (χ3n) is 5.13. The molecule has 184 valence electrons. The van der Waals surface area contributed by atoms with Crippen LogP contribution < -0.4 is 20.3 Å². The number of hydrogen-bond donors (Lipinski definition) is 2. The summed E-state index contributed by atoms with van der Waals surface area (Å²) in [6.07, 6.45) is 0.316. The molecular formula is C27H26N4O5. The van der Waals surface area contributed by atoms with Crippen LogP contribution in [0.1, 0.15) is 23.4 Å². The molecular weight excluding hydrogens is 460 g/mol. The molecule has 0 atom stereocenters. The van der Waals surface area contributed by atoms with Gasteiger partial charge in [-0.15, -0.1) is 0 Å². The highest BCUT2D eigenvalue weighted by molar-refractivity contribution is 5.82. The Labute approximate surface area is 208 Å². The van der Waals surface area contributed by atoms with Crippen LogP contribution in [0.5, 0.6) is 11.5 Å². The Morgan fingerprint density at radius 3 is 2.22 bits per heavy atom. The number of carbonyl (C=O) groups excluding carboxylic acids is 2. The van der Waals surface area contributed by atoms with Crippen molar-refractivity contribution in [3.8, 4) is 22.9 Å². The summed E-state index contributed by atoms with van der Waals surface area (Å²) in [7, 11) is 0. The summed E-state index contributed by atoms with van der Waals surface area (Å²) in [6, 6.07) is 24.5. The number of hydrogen-bond acceptors (Lipinski definition) is 7. The molecule has 0 aliphatic carbocycles. The highest BCUT2D eigenvalue weighted by Gasteiger charge is 2.11. The van der Waals surface area contributed by atoms with Crippen molar-refractivity contribution in [2.75, 3.05) is 6.61 Å². The fourth-order valence-electron chi connectivity index (χ4n) is 3.16. The van der Waals surface area contributed by atoms with E-state index >= 15 is 0 Å². The second-order valence-electron chi connectivity index (χ2n) is 8.01. The van der Waals surface area contributed by atoms with Gasteiger partial charge in [0.1, 0.15) is 18.1 Å². The summed E-state index contributed by atoms with van der Waals surface area (Å²) in [5, 5.41) is 3.94. The summed E-state index contributed by atoms with van der Waals surface area (Å²) < 4.78 is 16.4. The summed E-state index contributed by atoms with van der Waals surface area (Å²) in [6.45, 7) is 2.20. The zero-order valence-electron chi connectivity index (χ0n) is 19.8. The van der Waals surface area contributed by atoms with Crippen LogP contribution in [0, 0.1) is 6.92 Å². The molecule has 0 aliphatic heterocycles. The number of nitrogens with one attached hydrogen (secondary N) is 2. The number of nitrogens with zero attached hydrogens (tertiary/aromatic N) is 2. The van der Waals surface area contributed by atoms with Gasteiger partial charge in [0.15, 0.2) is 6.61 Å². The molecule has 0 saturated carbocycles. The summed E-state index contributed by atoms with van der Waals surface area (Å²) in [5.41, 5.74) is 7.70. The third-order valence-corrected chi connectivity index (χ3v) is 5.13. The second kappa shape index (κ2) is 12.2. The normalized spacial score (nSPS) is 10.5. The molecule has 0 unspecified atom stereocenters. The van der Waals surface area contributed by atoms with Crippen LogP contribution in [0.15, 0.2) is 83.4 Å². The maximum absolute atomic E-state index is 12.0. The molecule has 1 aromatic heterocycles. The van der Waals surface area contributed by atoms with Gasteiger partial charge in [-0.05, 0) is 36.8 Å². The van der Waals surface area contributed by atoms with Gasteiger partial charge in [-0.2, -0.15) is 4.98 Å². The Bertz CT molecular complexity index is 1270. The third kappa shape index (κ3) is 7.42. The first-order valence-electron chi connectivity index (χ1n) is 11.4. The summed E-state index contributed by atoms with van der Waals surface area (Å²) >= 11 is 0. The largest absolute Gasteiger partial charge is 0.489 e. The van der Waals surface area contributed by atoms with E-state index in [0.29, 0.717) is 29.8 Å². The van der Waals surface area contributed by atoms with E-state index in [4.69, 9.17) is 14.0 Å². The van der Waals surface area contributed by atoms with E-state index < -0.39 is 11.8 Å². The maximum Gasteiger partial charge on any atom is 0.276 e. The van der Waals surface area contributed by atoms with Crippen molar-refractivity contribution < 1.29 is 23.6 Å². The molecule has 9 nitrogen and oxygen atoms in total. The van der Waals surface area contributed by atoms with Crippen molar-refractivity contribution in [2.45, 2.75) is 26.4 Å². The van der Waals surface area contributed by atoms with Crippen LogP contribution in [0.3, 0.4) is 0 Å². The standard InChI is InChI=1S/C27H26N4O5/c1-19-7-9-21(10-8-19)27-28-26(36-31-27)16-15-24(32)29-30-25(33)18-35-23-13-11-22(12-14-23)34-17-20-5-3-2-4-6-20/h2-14H,15-18H2,1H3,(H,29,32)(H,30,33). The second-order valence-corrected chi connectivity index (χ2v) is 8.01. The van der Waals surface area contributed by atoms with E-state index in [-0.39, 0.29) is 19.4 Å². The van der Waals surface area contributed by atoms with Crippen LogP contribution in [0.4, 0.5) is 0 Å². The molecule has 9 heteroatoms. The van der Waals surface area contributed by atoms with Gasteiger partial charge in [0.25, 0.3) is 5.91 Å². The Balaban J connectivity index is 1.13. The van der Waals surface area contributed by atoms with Gasteiger partial charge in [0, 0.05) is 18.4 Å². The molecule has 2 amide bonds. The molecule has 0 saturated heterocycles. The number of benzene rings is 3. The number of aromatic nitrogens is 2. The van der Waals surface area contributed by atoms with Crippen molar-refractivity contribution in [3.05, 3.63) is 95.9 Å². The van der Waals surface area contributed by atoms with Crippen molar-refractivity contribution >= 4 is 11.8 Å². The predicted molar refractivity (Wildman–Crippen MR) is 132 cm³/mol. The van der Waals surface area contributed by atoms with Crippen molar-refractivity contribution in [1.29, 1.82) is 0 Å². The fraction of sp³-hybridized carbons (Fsp3) is 0.185. The Kier molecular flexibility index (Phi) is 8.27. The maximum atomic E-state index is 12.0. The number of hydrazine groups is 1. The van der Waals surface area contributed by atoms with Gasteiger partial charge in [0.2, 0.25) is 17.6 Å². The van der Waals surface area contributed by atoms with Gasteiger partial charge in [0.05, 0.1) is 0 Å². The molecule has 1 heterocycles. The number of rotatable bonds is 10. The van der Waals surface area contributed by atoms with Crippen LogP contribution in [0.25, 0.3) is 11.4 Å². The predicted octanol–water partition coefficient (Wildman–Crippen LogP) is 3.78. The van der Waals surface area contributed by atoms with Crippen molar-refractivity contribution in [1.82, 2.24) is 21.0 Å². The minimum Gasteiger partial charge on any atom is -0.489 e. The zero-order chi connectivity index (χ0) is 25.2. The Morgan fingerprint density at radius 1 is 0.833 bits per heavy atom.